The zero-order valence-corrected chi connectivity index (χ0v) is 9.09. The van der Waals surface area contributed by atoms with Gasteiger partial charge in [0.2, 0.25) is 0 Å². The molecule has 0 bridgehead atoms. The van der Waals surface area contributed by atoms with Gasteiger partial charge in [0.1, 0.15) is 5.75 Å². The number of carbonyl (C=O) groups is 1. The minimum Gasteiger partial charge on any atom is -0.496 e. The predicted octanol–water partition coefficient (Wildman–Crippen LogP) is 1.29. The van der Waals surface area contributed by atoms with E-state index in [-0.39, 0.29) is 0 Å². The molecule has 0 fully saturated rings. The number of benzene rings is 1. The van der Waals surface area contributed by atoms with Crippen molar-refractivity contribution in [3.8, 4) is 17.6 Å². The fourth-order valence-electron chi connectivity index (χ4n) is 0.871. The Balaban J connectivity index is 3.03. The Morgan fingerprint density at radius 2 is 2.29 bits per heavy atom. The Hall–Kier alpha value is -1.47. The molecule has 1 rings (SSSR count). The highest BCUT2D eigenvalue weighted by Gasteiger charge is 1.99. The predicted molar refractivity (Wildman–Crippen MR) is 56.8 cm³/mol. The molecule has 4 heteroatoms. The summed E-state index contributed by atoms with van der Waals surface area (Å²) in [6.45, 7) is 0. The van der Waals surface area contributed by atoms with E-state index >= 15 is 0 Å². The molecule has 0 aliphatic carbocycles. The largest absolute Gasteiger partial charge is 0.496 e. The number of rotatable bonds is 1. The fourth-order valence-corrected chi connectivity index (χ4v) is 1.28. The van der Waals surface area contributed by atoms with Crippen LogP contribution in [-0.2, 0) is 4.79 Å². The molecule has 1 aromatic rings. The summed E-state index contributed by atoms with van der Waals surface area (Å²) in [7, 11) is 1.56. The minimum absolute atomic E-state index is 0.646. The second kappa shape index (κ2) is 4.68. The van der Waals surface area contributed by atoms with Gasteiger partial charge in [-0.3, -0.25) is 4.79 Å². The highest BCUT2D eigenvalue weighted by Crippen LogP contribution is 2.24. The zero-order valence-electron chi connectivity index (χ0n) is 7.50. The summed E-state index contributed by atoms with van der Waals surface area (Å²) in [4.78, 5) is 10.4. The van der Waals surface area contributed by atoms with E-state index in [4.69, 9.17) is 10.5 Å². The van der Waals surface area contributed by atoms with Crippen molar-refractivity contribution in [3.05, 3.63) is 28.2 Å². The van der Waals surface area contributed by atoms with Gasteiger partial charge in [-0.05, 0) is 40.0 Å². The van der Waals surface area contributed by atoms with E-state index in [0.717, 1.165) is 4.47 Å². The number of amides is 1. The van der Waals surface area contributed by atoms with E-state index in [2.05, 4.69) is 27.8 Å². The van der Waals surface area contributed by atoms with Gasteiger partial charge >= 0.3 is 0 Å². The maximum Gasteiger partial charge on any atom is 0.293 e. The number of hydrogen-bond acceptors (Lipinski definition) is 2. The third-order valence-electron chi connectivity index (χ3n) is 1.48. The van der Waals surface area contributed by atoms with Crippen LogP contribution in [0.3, 0.4) is 0 Å². The van der Waals surface area contributed by atoms with E-state index in [1.165, 1.54) is 0 Å². The van der Waals surface area contributed by atoms with Gasteiger partial charge in [-0.25, -0.2) is 0 Å². The molecule has 0 spiro atoms. The van der Waals surface area contributed by atoms with E-state index in [0.29, 0.717) is 11.3 Å². The van der Waals surface area contributed by atoms with Crippen molar-refractivity contribution in [2.75, 3.05) is 7.11 Å². The van der Waals surface area contributed by atoms with Gasteiger partial charge in [0, 0.05) is 5.56 Å². The zero-order chi connectivity index (χ0) is 10.6. The van der Waals surface area contributed by atoms with Gasteiger partial charge in [-0.15, -0.1) is 0 Å². The molecule has 1 amide bonds. The van der Waals surface area contributed by atoms with Gasteiger partial charge in [-0.2, -0.15) is 0 Å². The number of halogens is 1. The van der Waals surface area contributed by atoms with Crippen LogP contribution in [0.1, 0.15) is 5.56 Å². The maximum atomic E-state index is 10.4. The lowest BCUT2D eigenvalue weighted by Gasteiger charge is -2.02. The first-order valence-electron chi connectivity index (χ1n) is 3.78. The van der Waals surface area contributed by atoms with Crippen LogP contribution in [0.5, 0.6) is 5.75 Å². The number of primary amides is 1. The quantitative estimate of drug-likeness (QED) is 0.768. The summed E-state index contributed by atoms with van der Waals surface area (Å²) in [6.07, 6.45) is 0. The Kier molecular flexibility index (Phi) is 3.55. The maximum absolute atomic E-state index is 10.4. The molecule has 0 unspecified atom stereocenters. The molecule has 0 radical (unpaired) electrons. The molecular formula is C10H8BrNO2. The van der Waals surface area contributed by atoms with Crippen LogP contribution in [0.15, 0.2) is 22.7 Å². The molecule has 14 heavy (non-hydrogen) atoms. The average molecular weight is 254 g/mol. The average Bonchev–Trinajstić information content (AvgIpc) is 2.16. The van der Waals surface area contributed by atoms with Crippen molar-refractivity contribution in [2.24, 2.45) is 5.73 Å². The first-order valence-corrected chi connectivity index (χ1v) is 4.58. The van der Waals surface area contributed by atoms with Crippen LogP contribution >= 0.6 is 15.9 Å². The van der Waals surface area contributed by atoms with Gasteiger partial charge in [-0.1, -0.05) is 5.92 Å². The highest BCUT2D eigenvalue weighted by molar-refractivity contribution is 9.10. The van der Waals surface area contributed by atoms with Crippen molar-refractivity contribution < 1.29 is 9.53 Å². The Morgan fingerprint density at radius 1 is 1.57 bits per heavy atom. The van der Waals surface area contributed by atoms with Gasteiger partial charge in [0.05, 0.1) is 11.6 Å². The van der Waals surface area contributed by atoms with Crippen molar-refractivity contribution in [3.63, 3.8) is 0 Å². The topological polar surface area (TPSA) is 52.3 Å². The summed E-state index contributed by atoms with van der Waals surface area (Å²) in [6, 6.07) is 5.28. The third-order valence-corrected chi connectivity index (χ3v) is 2.14. The summed E-state index contributed by atoms with van der Waals surface area (Å²) in [5.41, 5.74) is 5.57. The van der Waals surface area contributed by atoms with Gasteiger partial charge in [0.25, 0.3) is 5.91 Å². The number of methoxy groups -OCH3 is 1. The lowest BCUT2D eigenvalue weighted by molar-refractivity contribution is -0.112. The van der Waals surface area contributed by atoms with Crippen LogP contribution in [0.4, 0.5) is 0 Å². The van der Waals surface area contributed by atoms with Crippen LogP contribution in [-0.4, -0.2) is 13.0 Å². The van der Waals surface area contributed by atoms with Gasteiger partial charge in [0.15, 0.2) is 0 Å². The Bertz CT molecular complexity index is 418. The second-order valence-corrected chi connectivity index (χ2v) is 3.32. The van der Waals surface area contributed by atoms with Crippen LogP contribution in [0.25, 0.3) is 0 Å². The van der Waals surface area contributed by atoms with E-state index in [1.54, 1.807) is 25.3 Å². The summed E-state index contributed by atoms with van der Waals surface area (Å²) < 4.78 is 5.90. The number of carbonyl (C=O) groups excluding carboxylic acids is 1. The first kappa shape index (κ1) is 10.6. The van der Waals surface area contributed by atoms with Crippen LogP contribution < -0.4 is 10.5 Å². The third kappa shape index (κ3) is 2.79. The number of ether oxygens (including phenoxy) is 1. The lowest BCUT2D eigenvalue weighted by atomic mass is 10.2. The molecule has 2 N–H and O–H groups in total. The summed E-state index contributed by atoms with van der Waals surface area (Å²) >= 11 is 3.31. The van der Waals surface area contributed by atoms with E-state index in [9.17, 15) is 4.79 Å². The molecule has 0 aliphatic heterocycles. The Labute approximate surface area is 90.4 Å². The van der Waals surface area contributed by atoms with Crippen LogP contribution in [0, 0.1) is 11.8 Å². The summed E-state index contributed by atoms with van der Waals surface area (Å²) in [5, 5.41) is 0. The highest BCUT2D eigenvalue weighted by atomic mass is 79.9. The summed E-state index contributed by atoms with van der Waals surface area (Å²) in [5.74, 6) is 4.89. The molecule has 0 saturated carbocycles. The number of nitrogens with two attached hydrogens (primary N) is 1. The normalized spacial score (nSPS) is 8.71. The van der Waals surface area contributed by atoms with Crippen molar-refractivity contribution in [1.82, 2.24) is 0 Å². The SMILES string of the molecule is COc1cc(C#CC(N)=O)ccc1Br. The Morgan fingerprint density at radius 3 is 2.86 bits per heavy atom. The minimum atomic E-state index is -0.646. The van der Waals surface area contributed by atoms with Crippen molar-refractivity contribution in [1.29, 1.82) is 0 Å². The van der Waals surface area contributed by atoms with E-state index < -0.39 is 5.91 Å². The molecule has 0 aromatic heterocycles. The molecule has 0 aliphatic rings. The smallest absolute Gasteiger partial charge is 0.293 e. The second-order valence-electron chi connectivity index (χ2n) is 2.46. The van der Waals surface area contributed by atoms with Crippen molar-refractivity contribution >= 4 is 21.8 Å². The first-order chi connectivity index (χ1) is 6.63. The molecule has 3 nitrogen and oxygen atoms in total. The standard InChI is InChI=1S/C10H8BrNO2/c1-14-9-6-7(2-4-8(9)11)3-5-10(12)13/h2,4,6H,1H3,(H2,12,13). The lowest BCUT2D eigenvalue weighted by Crippen LogP contribution is -2.06. The fraction of sp³-hybridized carbons (Fsp3) is 0.100. The van der Waals surface area contributed by atoms with Gasteiger partial charge < -0.3 is 10.5 Å². The monoisotopic (exact) mass is 253 g/mol. The molecule has 1 aromatic carbocycles. The van der Waals surface area contributed by atoms with Crippen molar-refractivity contribution in [2.45, 2.75) is 0 Å². The molecule has 0 atom stereocenters. The molecular weight excluding hydrogens is 246 g/mol. The number of hydrogen-bond donors (Lipinski definition) is 1. The van der Waals surface area contributed by atoms with Crippen LogP contribution in [0.2, 0.25) is 0 Å². The molecule has 72 valence electrons. The molecule has 0 saturated heterocycles. The molecule has 0 heterocycles. The van der Waals surface area contributed by atoms with E-state index in [1.807, 2.05) is 0 Å².